The van der Waals surface area contributed by atoms with Gasteiger partial charge in [-0.1, -0.05) is 6.92 Å². The van der Waals surface area contributed by atoms with Crippen LogP contribution in [0.1, 0.15) is 31.2 Å². The van der Waals surface area contributed by atoms with E-state index in [1.807, 2.05) is 6.07 Å². The van der Waals surface area contributed by atoms with E-state index in [9.17, 15) is 0 Å². The first kappa shape index (κ1) is 11.9. The second kappa shape index (κ2) is 4.75. The number of halogens is 1. The molecule has 2 aromatic rings. The number of aryl methyl sites for hydroxylation is 1. The van der Waals surface area contributed by atoms with Gasteiger partial charge in [-0.05, 0) is 61.2 Å². The summed E-state index contributed by atoms with van der Waals surface area (Å²) >= 11 is 2.33. The number of nitrogens with one attached hydrogen (secondary N) is 1. The van der Waals surface area contributed by atoms with E-state index in [0.717, 1.165) is 17.9 Å². The molecule has 1 N–H and O–H groups in total. The van der Waals surface area contributed by atoms with E-state index in [0.29, 0.717) is 0 Å². The smallest absolute Gasteiger partial charge is 0.134 e. The molecule has 0 bridgehead atoms. The van der Waals surface area contributed by atoms with E-state index < -0.39 is 0 Å². The monoisotopic (exact) mass is 329 g/mol. The molecule has 2 rings (SSSR count). The van der Waals surface area contributed by atoms with Crippen molar-refractivity contribution in [2.24, 2.45) is 0 Å². The van der Waals surface area contributed by atoms with Gasteiger partial charge in [0, 0.05) is 14.5 Å². The summed E-state index contributed by atoms with van der Waals surface area (Å²) in [6.45, 7) is 7.33. The Morgan fingerprint density at radius 2 is 2.19 bits per heavy atom. The molecule has 1 unspecified atom stereocenters. The van der Waals surface area contributed by atoms with Crippen LogP contribution in [0.3, 0.4) is 0 Å². The summed E-state index contributed by atoms with van der Waals surface area (Å²) in [6.07, 6.45) is 0. The van der Waals surface area contributed by atoms with Gasteiger partial charge < -0.3 is 9.73 Å². The molecule has 0 spiro atoms. The highest BCUT2D eigenvalue weighted by molar-refractivity contribution is 14.1. The average molecular weight is 329 g/mol. The lowest BCUT2D eigenvalue weighted by atomic mass is 10.1. The fourth-order valence-corrected chi connectivity index (χ4v) is 2.52. The van der Waals surface area contributed by atoms with Crippen molar-refractivity contribution in [1.82, 2.24) is 5.32 Å². The first-order valence-electron chi connectivity index (χ1n) is 5.55. The molecule has 3 heteroatoms. The highest BCUT2D eigenvalue weighted by Gasteiger charge is 2.15. The summed E-state index contributed by atoms with van der Waals surface area (Å²) in [4.78, 5) is 0. The molecular formula is C13H16INO. The number of hydrogen-bond acceptors (Lipinski definition) is 2. The second-order valence-corrected chi connectivity index (χ2v) is 5.26. The molecule has 0 fully saturated rings. The van der Waals surface area contributed by atoms with Crippen LogP contribution in [-0.2, 0) is 0 Å². The Kier molecular flexibility index (Phi) is 3.54. The number of benzene rings is 1. The van der Waals surface area contributed by atoms with Crippen LogP contribution in [-0.4, -0.2) is 6.54 Å². The van der Waals surface area contributed by atoms with Gasteiger partial charge in [-0.15, -0.1) is 0 Å². The van der Waals surface area contributed by atoms with Crippen LogP contribution in [0.2, 0.25) is 0 Å². The number of furan rings is 1. The van der Waals surface area contributed by atoms with Gasteiger partial charge in [-0.3, -0.25) is 0 Å². The van der Waals surface area contributed by atoms with E-state index in [4.69, 9.17) is 4.42 Å². The molecule has 0 radical (unpaired) electrons. The average Bonchev–Trinajstić information content (AvgIpc) is 2.57. The number of fused-ring (bicyclic) bond motifs is 1. The zero-order valence-corrected chi connectivity index (χ0v) is 12.0. The molecule has 1 aromatic heterocycles. The summed E-state index contributed by atoms with van der Waals surface area (Å²) in [5.41, 5.74) is 2.24. The van der Waals surface area contributed by atoms with Crippen molar-refractivity contribution in [2.75, 3.05) is 6.54 Å². The molecular weight excluding hydrogens is 313 g/mol. The first-order valence-corrected chi connectivity index (χ1v) is 6.63. The molecule has 0 amide bonds. The van der Waals surface area contributed by atoms with E-state index in [1.165, 1.54) is 14.5 Å². The SMILES string of the molecule is CCNC(C)c1oc2ccc(I)cc2c1C. The standard InChI is InChI=1S/C13H16INO/c1-4-15-9(3)13-8(2)11-7-10(14)5-6-12(11)16-13/h5-7,9,15H,4H2,1-3H3. The van der Waals surface area contributed by atoms with Crippen LogP contribution in [0.15, 0.2) is 22.6 Å². The minimum Gasteiger partial charge on any atom is -0.459 e. The van der Waals surface area contributed by atoms with Crippen molar-refractivity contribution in [3.8, 4) is 0 Å². The predicted molar refractivity (Wildman–Crippen MR) is 75.8 cm³/mol. The van der Waals surface area contributed by atoms with Crippen LogP contribution in [0.4, 0.5) is 0 Å². The first-order chi connectivity index (χ1) is 7.63. The zero-order valence-electron chi connectivity index (χ0n) is 9.80. The Bertz CT molecular complexity index is 504. The van der Waals surface area contributed by atoms with Gasteiger partial charge in [0.2, 0.25) is 0 Å². The lowest BCUT2D eigenvalue weighted by molar-refractivity contribution is 0.456. The lowest BCUT2D eigenvalue weighted by Crippen LogP contribution is -2.17. The van der Waals surface area contributed by atoms with Gasteiger partial charge in [0.15, 0.2) is 0 Å². The molecule has 0 saturated carbocycles. The van der Waals surface area contributed by atoms with E-state index in [-0.39, 0.29) is 6.04 Å². The predicted octanol–water partition coefficient (Wildman–Crippen LogP) is 4.02. The fourth-order valence-electron chi connectivity index (χ4n) is 2.02. The molecule has 0 aliphatic carbocycles. The molecule has 1 heterocycles. The molecule has 0 aliphatic heterocycles. The lowest BCUT2D eigenvalue weighted by Gasteiger charge is -2.09. The maximum atomic E-state index is 5.90. The summed E-state index contributed by atoms with van der Waals surface area (Å²) in [5.74, 6) is 1.05. The van der Waals surface area contributed by atoms with Gasteiger partial charge >= 0.3 is 0 Å². The summed E-state index contributed by atoms with van der Waals surface area (Å²) in [6, 6.07) is 6.58. The highest BCUT2D eigenvalue weighted by atomic mass is 127. The Labute approximate surface area is 110 Å². The fraction of sp³-hybridized carbons (Fsp3) is 0.385. The molecule has 1 aromatic carbocycles. The Hall–Kier alpha value is -0.550. The van der Waals surface area contributed by atoms with Crippen LogP contribution >= 0.6 is 22.6 Å². The highest BCUT2D eigenvalue weighted by Crippen LogP contribution is 2.30. The number of rotatable bonds is 3. The third kappa shape index (κ3) is 2.11. The van der Waals surface area contributed by atoms with Gasteiger partial charge in [-0.2, -0.15) is 0 Å². The molecule has 0 aliphatic rings. The summed E-state index contributed by atoms with van der Waals surface area (Å²) in [5, 5.41) is 4.61. The normalized spacial score (nSPS) is 13.2. The Morgan fingerprint density at radius 1 is 1.44 bits per heavy atom. The molecule has 86 valence electrons. The van der Waals surface area contributed by atoms with E-state index in [1.54, 1.807) is 0 Å². The van der Waals surface area contributed by atoms with Gasteiger partial charge in [0.25, 0.3) is 0 Å². The van der Waals surface area contributed by atoms with Crippen molar-refractivity contribution in [2.45, 2.75) is 26.8 Å². The summed E-state index contributed by atoms with van der Waals surface area (Å²) in [7, 11) is 0. The molecule has 0 saturated heterocycles. The molecule has 16 heavy (non-hydrogen) atoms. The van der Waals surface area contributed by atoms with Crippen LogP contribution < -0.4 is 5.32 Å². The Balaban J connectivity index is 2.51. The maximum absolute atomic E-state index is 5.90. The van der Waals surface area contributed by atoms with Crippen LogP contribution in [0, 0.1) is 10.5 Å². The van der Waals surface area contributed by atoms with Crippen molar-refractivity contribution in [1.29, 1.82) is 0 Å². The van der Waals surface area contributed by atoms with Gasteiger partial charge in [0.05, 0.1) is 6.04 Å². The van der Waals surface area contributed by atoms with Crippen molar-refractivity contribution in [3.63, 3.8) is 0 Å². The minimum atomic E-state index is 0.273. The Morgan fingerprint density at radius 3 is 2.88 bits per heavy atom. The third-order valence-electron chi connectivity index (χ3n) is 2.84. The van der Waals surface area contributed by atoms with E-state index >= 15 is 0 Å². The largest absolute Gasteiger partial charge is 0.459 e. The van der Waals surface area contributed by atoms with Crippen molar-refractivity contribution in [3.05, 3.63) is 33.1 Å². The van der Waals surface area contributed by atoms with Crippen LogP contribution in [0.25, 0.3) is 11.0 Å². The number of hydrogen-bond donors (Lipinski definition) is 1. The third-order valence-corrected chi connectivity index (χ3v) is 3.51. The second-order valence-electron chi connectivity index (χ2n) is 4.01. The van der Waals surface area contributed by atoms with Crippen LogP contribution in [0.5, 0.6) is 0 Å². The quantitative estimate of drug-likeness (QED) is 0.861. The topological polar surface area (TPSA) is 25.2 Å². The van der Waals surface area contributed by atoms with Crippen molar-refractivity contribution < 1.29 is 4.42 Å². The van der Waals surface area contributed by atoms with Gasteiger partial charge in [0.1, 0.15) is 11.3 Å². The minimum absolute atomic E-state index is 0.273. The maximum Gasteiger partial charge on any atom is 0.134 e. The zero-order chi connectivity index (χ0) is 11.7. The van der Waals surface area contributed by atoms with Crippen molar-refractivity contribution >= 4 is 33.6 Å². The van der Waals surface area contributed by atoms with Gasteiger partial charge in [-0.25, -0.2) is 0 Å². The molecule has 1 atom stereocenters. The van der Waals surface area contributed by atoms with E-state index in [2.05, 4.69) is 60.8 Å². The molecule has 2 nitrogen and oxygen atoms in total. The summed E-state index contributed by atoms with van der Waals surface area (Å²) < 4.78 is 7.15.